The van der Waals surface area contributed by atoms with Crippen molar-refractivity contribution in [3.05, 3.63) is 90.1 Å². The summed E-state index contributed by atoms with van der Waals surface area (Å²) in [5.41, 5.74) is 2.95. The molecule has 12 heteroatoms. The molecule has 1 aliphatic carbocycles. The maximum absolute atomic E-state index is 13.9. The molecular formula is C35H40F2N8O2. The highest BCUT2D eigenvalue weighted by Gasteiger charge is 2.31. The molecule has 0 spiro atoms. The summed E-state index contributed by atoms with van der Waals surface area (Å²) in [6.07, 6.45) is 5.62. The van der Waals surface area contributed by atoms with Crippen molar-refractivity contribution in [1.82, 2.24) is 15.2 Å². The van der Waals surface area contributed by atoms with Crippen LogP contribution in [0.1, 0.15) is 43.7 Å². The van der Waals surface area contributed by atoms with Gasteiger partial charge >= 0.3 is 6.03 Å². The molecule has 47 heavy (non-hydrogen) atoms. The van der Waals surface area contributed by atoms with Gasteiger partial charge in [-0.1, -0.05) is 12.6 Å². The number of carbonyl (C=O) groups excluding carboxylic acids is 2. The van der Waals surface area contributed by atoms with Crippen LogP contribution < -0.4 is 25.8 Å². The number of urea groups is 1. The Morgan fingerprint density at radius 2 is 1.87 bits per heavy atom. The summed E-state index contributed by atoms with van der Waals surface area (Å²) < 4.78 is 27.4. The van der Waals surface area contributed by atoms with Crippen molar-refractivity contribution in [3.8, 4) is 6.07 Å². The number of halogens is 2. The molecule has 10 nitrogen and oxygen atoms in total. The van der Waals surface area contributed by atoms with Gasteiger partial charge in [0.1, 0.15) is 11.9 Å². The Kier molecular flexibility index (Phi) is 10.7. The van der Waals surface area contributed by atoms with Crippen LogP contribution in [0.25, 0.3) is 0 Å². The number of piperazine rings is 1. The third kappa shape index (κ3) is 8.23. The second-order valence-corrected chi connectivity index (χ2v) is 12.1. The Morgan fingerprint density at radius 1 is 1.09 bits per heavy atom. The number of pyridine rings is 1. The average Bonchev–Trinajstić information content (AvgIpc) is 3.08. The van der Waals surface area contributed by atoms with Crippen molar-refractivity contribution in [3.63, 3.8) is 0 Å². The first-order chi connectivity index (χ1) is 22.6. The molecule has 246 valence electrons. The van der Waals surface area contributed by atoms with Gasteiger partial charge in [-0.3, -0.25) is 9.69 Å². The number of amides is 3. The van der Waals surface area contributed by atoms with E-state index in [2.05, 4.69) is 57.4 Å². The number of aromatic nitrogens is 1. The van der Waals surface area contributed by atoms with Crippen LogP contribution in [0, 0.1) is 23.0 Å². The first-order valence-electron chi connectivity index (χ1n) is 15.8. The summed E-state index contributed by atoms with van der Waals surface area (Å²) >= 11 is 0. The molecule has 3 aromatic rings. The molecule has 3 N–H and O–H groups in total. The lowest BCUT2D eigenvalue weighted by Gasteiger charge is -2.40. The zero-order chi connectivity index (χ0) is 33.5. The smallest absolute Gasteiger partial charge is 0.322 e. The summed E-state index contributed by atoms with van der Waals surface area (Å²) in [5.74, 6) is -1.60. The predicted octanol–water partition coefficient (Wildman–Crippen LogP) is 5.64. The van der Waals surface area contributed by atoms with Crippen molar-refractivity contribution in [2.24, 2.45) is 0 Å². The Balaban J connectivity index is 1.40. The van der Waals surface area contributed by atoms with E-state index >= 15 is 0 Å². The number of hydrogen-bond donors (Lipinski definition) is 3. The van der Waals surface area contributed by atoms with E-state index in [0.29, 0.717) is 47.2 Å². The molecule has 5 rings (SSSR count). The second-order valence-electron chi connectivity index (χ2n) is 12.1. The average molecular weight is 643 g/mol. The van der Waals surface area contributed by atoms with E-state index in [1.807, 2.05) is 18.2 Å². The van der Waals surface area contributed by atoms with Crippen molar-refractivity contribution in [2.75, 3.05) is 47.1 Å². The van der Waals surface area contributed by atoms with Crippen LogP contribution in [0.2, 0.25) is 0 Å². The molecule has 2 aliphatic rings. The molecule has 2 heterocycles. The molecule has 0 unspecified atom stereocenters. The fourth-order valence-electron chi connectivity index (χ4n) is 6.14. The van der Waals surface area contributed by atoms with Crippen molar-refractivity contribution in [2.45, 2.75) is 57.3 Å². The molecular weight excluding hydrogens is 602 g/mol. The lowest BCUT2D eigenvalue weighted by Crippen LogP contribution is -2.50. The van der Waals surface area contributed by atoms with Gasteiger partial charge in [-0.25, -0.2) is 18.6 Å². The molecule has 1 saturated carbocycles. The topological polar surface area (TPSA) is 117 Å². The normalized spacial score (nSPS) is 19.7. The van der Waals surface area contributed by atoms with E-state index < -0.39 is 11.6 Å². The van der Waals surface area contributed by atoms with Gasteiger partial charge in [0, 0.05) is 56.2 Å². The number of likely N-dealkylation sites (N-methyl/N-ethyl adjacent to an activating group) is 1. The zero-order valence-electron chi connectivity index (χ0n) is 26.7. The highest BCUT2D eigenvalue weighted by molar-refractivity contribution is 6.02. The fraction of sp³-hybridized carbons (Fsp3) is 0.371. The van der Waals surface area contributed by atoms with Crippen LogP contribution in [0.4, 0.5) is 36.5 Å². The Labute approximate surface area is 274 Å². The highest BCUT2D eigenvalue weighted by Crippen LogP contribution is 2.36. The van der Waals surface area contributed by atoms with Gasteiger partial charge in [0.25, 0.3) is 0 Å². The lowest BCUT2D eigenvalue weighted by atomic mass is 9.89. The van der Waals surface area contributed by atoms with E-state index in [4.69, 9.17) is 5.26 Å². The number of nitriles is 1. The standard InChI is InChI=1S/C35H40F2N8O2/c1-4-34(46)42-31-18-28(11-13-32(31)44-16-15-43(3)23(2)22-44)45(35(47)40-20-24-5-12-29(36)30(37)17-24)27-9-7-26(8-10-27)41-33-14-6-25(19-38)21-39-33/h4-6,11-14,17-18,21,23,26-27H,1,7-10,15-16,20,22H2,2-3H3,(H,39,41)(H,40,47)(H,42,46)/t23-,26?,27?/m0/s1. The molecule has 2 aromatic carbocycles. The van der Waals surface area contributed by atoms with Gasteiger partial charge in [0.05, 0.1) is 16.9 Å². The first-order valence-corrected chi connectivity index (χ1v) is 15.8. The van der Waals surface area contributed by atoms with E-state index in [-0.39, 0.29) is 30.6 Å². The number of nitrogens with zero attached hydrogens (tertiary/aromatic N) is 5. The summed E-state index contributed by atoms with van der Waals surface area (Å²) in [7, 11) is 2.09. The Bertz CT molecular complexity index is 1640. The van der Waals surface area contributed by atoms with Crippen LogP contribution in [0.15, 0.2) is 67.4 Å². The minimum absolute atomic E-state index is 0.00508. The van der Waals surface area contributed by atoms with E-state index in [1.54, 1.807) is 17.0 Å². The summed E-state index contributed by atoms with van der Waals surface area (Å²) in [5, 5.41) is 18.3. The zero-order valence-corrected chi connectivity index (χ0v) is 26.7. The quantitative estimate of drug-likeness (QED) is 0.259. The first kappa shape index (κ1) is 33.3. The van der Waals surface area contributed by atoms with E-state index in [9.17, 15) is 18.4 Å². The molecule has 0 bridgehead atoms. The number of carbonyl (C=O) groups is 2. The molecule has 1 saturated heterocycles. The Morgan fingerprint density at radius 3 is 2.53 bits per heavy atom. The van der Waals surface area contributed by atoms with Gasteiger partial charge in [-0.2, -0.15) is 5.26 Å². The maximum Gasteiger partial charge on any atom is 0.322 e. The van der Waals surface area contributed by atoms with Crippen molar-refractivity contribution >= 4 is 34.8 Å². The lowest BCUT2D eigenvalue weighted by molar-refractivity contribution is -0.111. The number of hydrogen-bond acceptors (Lipinski definition) is 7. The summed E-state index contributed by atoms with van der Waals surface area (Å²) in [4.78, 5) is 37.0. The predicted molar refractivity (Wildman–Crippen MR) is 179 cm³/mol. The molecule has 1 aromatic heterocycles. The second kappa shape index (κ2) is 15.0. The molecule has 2 fully saturated rings. The number of benzene rings is 2. The molecule has 0 radical (unpaired) electrons. The van der Waals surface area contributed by atoms with Gasteiger partial charge < -0.3 is 25.8 Å². The number of nitrogens with one attached hydrogen (secondary N) is 3. The molecule has 1 aliphatic heterocycles. The van der Waals surface area contributed by atoms with Crippen molar-refractivity contribution in [1.29, 1.82) is 5.26 Å². The number of anilines is 4. The maximum atomic E-state index is 13.9. The van der Waals surface area contributed by atoms with Gasteiger partial charge in [-0.15, -0.1) is 0 Å². The van der Waals surface area contributed by atoms with Crippen molar-refractivity contribution < 1.29 is 18.4 Å². The number of rotatable bonds is 9. The molecule has 3 amide bonds. The minimum Gasteiger partial charge on any atom is -0.367 e. The van der Waals surface area contributed by atoms with Crippen LogP contribution in [-0.4, -0.2) is 66.6 Å². The van der Waals surface area contributed by atoms with E-state index in [1.165, 1.54) is 18.3 Å². The van der Waals surface area contributed by atoms with Gasteiger partial charge in [0.2, 0.25) is 5.91 Å². The van der Waals surface area contributed by atoms with E-state index in [0.717, 1.165) is 50.3 Å². The largest absolute Gasteiger partial charge is 0.367 e. The third-order valence-corrected chi connectivity index (χ3v) is 8.95. The SMILES string of the molecule is C=CC(=O)Nc1cc(N(C(=O)NCc2ccc(F)c(F)c2)C2CCC(Nc3ccc(C#N)cn3)CC2)ccc1N1CCN(C)[C@@H](C)C1. The fourth-order valence-corrected chi connectivity index (χ4v) is 6.14. The van der Waals surface area contributed by atoms with Crippen LogP contribution in [0.5, 0.6) is 0 Å². The van der Waals surface area contributed by atoms with Crippen LogP contribution in [0.3, 0.4) is 0 Å². The van der Waals surface area contributed by atoms with Crippen LogP contribution >= 0.6 is 0 Å². The van der Waals surface area contributed by atoms with Crippen LogP contribution in [-0.2, 0) is 11.3 Å². The van der Waals surface area contributed by atoms with Gasteiger partial charge in [0.15, 0.2) is 11.6 Å². The monoisotopic (exact) mass is 642 g/mol. The summed E-state index contributed by atoms with van der Waals surface area (Å²) in [6, 6.07) is 14.6. The molecule has 1 atom stereocenters. The van der Waals surface area contributed by atoms with Gasteiger partial charge in [-0.05, 0) is 93.8 Å². The summed E-state index contributed by atoms with van der Waals surface area (Å²) in [6.45, 7) is 8.19. The highest BCUT2D eigenvalue weighted by atomic mass is 19.2. The minimum atomic E-state index is -0.979. The third-order valence-electron chi connectivity index (χ3n) is 8.95. The Hall–Kier alpha value is -5.02.